The van der Waals surface area contributed by atoms with E-state index >= 15 is 0 Å². The summed E-state index contributed by atoms with van der Waals surface area (Å²) in [5.74, 6) is 0. The first-order valence-corrected chi connectivity index (χ1v) is 4.02. The van der Waals surface area contributed by atoms with E-state index in [0.717, 1.165) is 12.1 Å². The van der Waals surface area contributed by atoms with Crippen LogP contribution in [0.4, 0.5) is 0 Å². The molecule has 0 heterocycles. The van der Waals surface area contributed by atoms with Crippen molar-refractivity contribution in [3.63, 3.8) is 0 Å². The Morgan fingerprint density at radius 1 is 1.45 bits per heavy atom. The number of nitrogens with one attached hydrogen (secondary N) is 1. The third kappa shape index (κ3) is 5.46. The van der Waals surface area contributed by atoms with Gasteiger partial charge in [0.2, 0.25) is 0 Å². The fourth-order valence-electron chi connectivity index (χ4n) is 0.667. The molecule has 0 unspecified atom stereocenters. The molecule has 1 nitrogen and oxygen atoms in total. The summed E-state index contributed by atoms with van der Waals surface area (Å²) in [7, 11) is 1.93. The lowest BCUT2D eigenvalue weighted by molar-refractivity contribution is 1.03. The van der Waals surface area contributed by atoms with Crippen molar-refractivity contribution in [2.75, 3.05) is 7.05 Å². The molecule has 11 heavy (non-hydrogen) atoms. The van der Waals surface area contributed by atoms with E-state index in [9.17, 15) is 0 Å². The van der Waals surface area contributed by atoms with E-state index < -0.39 is 0 Å². The van der Waals surface area contributed by atoms with Gasteiger partial charge in [0, 0.05) is 12.7 Å². The highest BCUT2D eigenvalue weighted by molar-refractivity contribution is 5.21. The molecule has 0 saturated heterocycles. The van der Waals surface area contributed by atoms with Crippen LogP contribution in [0.3, 0.4) is 0 Å². The summed E-state index contributed by atoms with van der Waals surface area (Å²) in [6.45, 7) is 4.13. The van der Waals surface area contributed by atoms with E-state index in [0.29, 0.717) is 0 Å². The second kappa shape index (κ2) is 7.13. The third-order valence-electron chi connectivity index (χ3n) is 1.29. The molecule has 1 N–H and O–H groups in total. The monoisotopic (exact) mass is 151 g/mol. The van der Waals surface area contributed by atoms with Crippen LogP contribution in [0.15, 0.2) is 36.1 Å². The molecule has 0 rings (SSSR count). The Labute approximate surface area is 69.5 Å². The lowest BCUT2D eigenvalue weighted by atomic mass is 10.3. The average molecular weight is 151 g/mol. The highest BCUT2D eigenvalue weighted by Gasteiger charge is 1.80. The Hall–Kier alpha value is -0.980. The zero-order chi connectivity index (χ0) is 8.53. The summed E-state index contributed by atoms with van der Waals surface area (Å²) in [5, 5.41) is 3.09. The summed E-state index contributed by atoms with van der Waals surface area (Å²) in [4.78, 5) is 0. The predicted molar refractivity (Wildman–Crippen MR) is 51.4 cm³/mol. The minimum Gasteiger partial charge on any atom is -0.388 e. The van der Waals surface area contributed by atoms with Gasteiger partial charge in [-0.15, -0.1) is 0 Å². The molecule has 62 valence electrons. The largest absolute Gasteiger partial charge is 0.388 e. The summed E-state index contributed by atoms with van der Waals surface area (Å²) >= 11 is 0. The summed E-state index contributed by atoms with van der Waals surface area (Å²) < 4.78 is 0. The lowest BCUT2D eigenvalue weighted by Crippen LogP contribution is -2.01. The quantitative estimate of drug-likeness (QED) is 0.609. The van der Waals surface area contributed by atoms with Gasteiger partial charge in [-0.3, -0.25) is 0 Å². The molecule has 0 fully saturated rings. The van der Waals surface area contributed by atoms with E-state index in [1.165, 1.54) is 0 Å². The number of allylic oxidation sites excluding steroid dienone is 5. The summed E-state index contributed by atoms with van der Waals surface area (Å²) in [5.41, 5.74) is 1.14. The highest BCUT2D eigenvalue weighted by Crippen LogP contribution is 1.93. The molecule has 0 spiro atoms. The van der Waals surface area contributed by atoms with Gasteiger partial charge in [0.15, 0.2) is 0 Å². The van der Waals surface area contributed by atoms with Crippen molar-refractivity contribution < 1.29 is 0 Å². The first-order chi connectivity index (χ1) is 5.35. The van der Waals surface area contributed by atoms with E-state index in [4.69, 9.17) is 0 Å². The zero-order valence-electron chi connectivity index (χ0n) is 7.59. The van der Waals surface area contributed by atoms with Crippen LogP contribution >= 0.6 is 0 Å². The Balaban J connectivity index is 4.04. The fourth-order valence-corrected chi connectivity index (χ4v) is 0.667. The number of likely N-dealkylation sites (N-methyl/N-ethyl adjacent to an activating group) is 1. The molecule has 0 aliphatic carbocycles. The minimum absolute atomic E-state index is 1.08. The number of hydrogen-bond acceptors (Lipinski definition) is 1. The maximum Gasteiger partial charge on any atom is 0.0334 e. The molecule has 0 aromatic rings. The van der Waals surface area contributed by atoms with Gasteiger partial charge in [-0.1, -0.05) is 25.2 Å². The summed E-state index contributed by atoms with van der Waals surface area (Å²) in [6.07, 6.45) is 11.4. The van der Waals surface area contributed by atoms with E-state index in [2.05, 4.69) is 24.4 Å². The van der Waals surface area contributed by atoms with E-state index in [-0.39, 0.29) is 0 Å². The molecule has 0 aliphatic heterocycles. The fraction of sp³-hybridized carbons (Fsp3) is 0.400. The highest BCUT2D eigenvalue weighted by atomic mass is 14.8. The van der Waals surface area contributed by atoms with Gasteiger partial charge >= 0.3 is 0 Å². The second-order valence-electron chi connectivity index (χ2n) is 2.21. The summed E-state index contributed by atoms with van der Waals surface area (Å²) in [6, 6.07) is 0. The van der Waals surface area contributed by atoms with Gasteiger partial charge in [0.1, 0.15) is 0 Å². The Morgan fingerprint density at radius 2 is 2.18 bits per heavy atom. The molecule has 0 atom stereocenters. The molecule has 0 aromatic carbocycles. The van der Waals surface area contributed by atoms with E-state index in [1.807, 2.05) is 32.2 Å². The molecular formula is C10H17N. The Bertz CT molecular complexity index is 164. The smallest absolute Gasteiger partial charge is 0.0334 e. The topological polar surface area (TPSA) is 12.0 Å². The predicted octanol–water partition coefficient (Wildman–Crippen LogP) is 2.63. The van der Waals surface area contributed by atoms with Crippen LogP contribution in [0, 0.1) is 0 Å². The van der Waals surface area contributed by atoms with Crippen molar-refractivity contribution in [2.45, 2.75) is 20.3 Å². The normalized spacial score (nSPS) is 13.2. The average Bonchev–Trinajstić information content (AvgIpc) is 2.05. The van der Waals surface area contributed by atoms with Gasteiger partial charge in [-0.05, 0) is 25.5 Å². The van der Waals surface area contributed by atoms with Crippen molar-refractivity contribution in [1.29, 1.82) is 0 Å². The van der Waals surface area contributed by atoms with Crippen LogP contribution in [0.2, 0.25) is 0 Å². The van der Waals surface area contributed by atoms with Gasteiger partial charge in [-0.25, -0.2) is 0 Å². The van der Waals surface area contributed by atoms with Crippen LogP contribution in [0.1, 0.15) is 20.3 Å². The maximum atomic E-state index is 3.09. The van der Waals surface area contributed by atoms with Crippen molar-refractivity contribution in [1.82, 2.24) is 5.32 Å². The van der Waals surface area contributed by atoms with Crippen molar-refractivity contribution in [2.24, 2.45) is 0 Å². The first kappa shape index (κ1) is 10.0. The van der Waals surface area contributed by atoms with Crippen LogP contribution in [0.5, 0.6) is 0 Å². The molecule has 0 bridgehead atoms. The molecule has 0 radical (unpaired) electrons. The molecule has 0 saturated carbocycles. The minimum atomic E-state index is 1.08. The van der Waals surface area contributed by atoms with E-state index in [1.54, 1.807) is 0 Å². The zero-order valence-corrected chi connectivity index (χ0v) is 7.59. The molecule has 1 heteroatoms. The number of rotatable bonds is 4. The van der Waals surface area contributed by atoms with Crippen molar-refractivity contribution in [3.05, 3.63) is 36.1 Å². The Kier molecular flexibility index (Phi) is 6.50. The lowest BCUT2D eigenvalue weighted by Gasteiger charge is -1.96. The van der Waals surface area contributed by atoms with Gasteiger partial charge in [0.25, 0.3) is 0 Å². The van der Waals surface area contributed by atoms with Crippen LogP contribution in [-0.4, -0.2) is 7.05 Å². The molecule has 0 aliphatic rings. The van der Waals surface area contributed by atoms with Crippen molar-refractivity contribution in [3.8, 4) is 0 Å². The third-order valence-corrected chi connectivity index (χ3v) is 1.29. The SMILES string of the molecule is C/C=C/C=C(\C=C/CC)NC. The molecule has 0 aromatic heterocycles. The first-order valence-electron chi connectivity index (χ1n) is 4.02. The molecular weight excluding hydrogens is 134 g/mol. The van der Waals surface area contributed by atoms with Crippen LogP contribution in [0.25, 0.3) is 0 Å². The van der Waals surface area contributed by atoms with Gasteiger partial charge in [0.05, 0.1) is 0 Å². The van der Waals surface area contributed by atoms with Crippen LogP contribution in [-0.2, 0) is 0 Å². The Morgan fingerprint density at radius 3 is 2.64 bits per heavy atom. The molecule has 0 amide bonds. The second-order valence-corrected chi connectivity index (χ2v) is 2.21. The van der Waals surface area contributed by atoms with Gasteiger partial charge < -0.3 is 5.32 Å². The van der Waals surface area contributed by atoms with Crippen molar-refractivity contribution >= 4 is 0 Å². The maximum absolute atomic E-state index is 3.09. The standard InChI is InChI=1S/C10H17N/c1-4-6-8-10(11-3)9-7-5-2/h4,6-9,11H,5H2,1-3H3/b6-4+,9-7-,10-8+. The number of hydrogen-bond donors (Lipinski definition) is 1. The van der Waals surface area contributed by atoms with Crippen LogP contribution < -0.4 is 5.32 Å². The van der Waals surface area contributed by atoms with Gasteiger partial charge in [-0.2, -0.15) is 0 Å².